The van der Waals surface area contributed by atoms with Crippen LogP contribution in [-0.4, -0.2) is 0 Å². The normalized spacial score (nSPS) is 12.4. The predicted molar refractivity (Wildman–Crippen MR) is 79.0 cm³/mol. The van der Waals surface area contributed by atoms with Gasteiger partial charge in [0.15, 0.2) is 0 Å². The summed E-state index contributed by atoms with van der Waals surface area (Å²) in [5.41, 5.74) is 5.37. The first-order chi connectivity index (χ1) is 9.11. The molecule has 4 heteroatoms. The number of nitrogens with two attached hydrogens (primary N) is 1. The molecule has 0 fully saturated rings. The number of hydrazine groups is 1. The summed E-state index contributed by atoms with van der Waals surface area (Å²) in [6, 6.07) is 13.0. The molecular formula is C15H16BrFN2. The minimum atomic E-state index is -0.204. The molecule has 2 aromatic rings. The standard InChI is InChI=1S/C15H16BrFN2/c1-10-6-7-12(8-14(10)17)15(19-18)9-11-4-2-3-5-13(11)16/h2-8,15,19H,9,18H2,1H3. The number of benzene rings is 2. The summed E-state index contributed by atoms with van der Waals surface area (Å²) < 4.78 is 14.6. The molecule has 0 heterocycles. The first kappa shape index (κ1) is 14.2. The number of rotatable bonds is 4. The SMILES string of the molecule is Cc1ccc(C(Cc2ccccc2Br)NN)cc1F. The van der Waals surface area contributed by atoms with Crippen LogP contribution in [0, 0.1) is 12.7 Å². The molecule has 3 N–H and O–H groups in total. The molecule has 2 nitrogen and oxygen atoms in total. The van der Waals surface area contributed by atoms with E-state index in [-0.39, 0.29) is 11.9 Å². The van der Waals surface area contributed by atoms with Gasteiger partial charge in [-0.2, -0.15) is 0 Å². The Hall–Kier alpha value is -1.23. The van der Waals surface area contributed by atoms with Gasteiger partial charge < -0.3 is 0 Å². The molecule has 0 amide bonds. The van der Waals surface area contributed by atoms with Crippen LogP contribution in [0.3, 0.4) is 0 Å². The van der Waals surface area contributed by atoms with Gasteiger partial charge >= 0.3 is 0 Å². The first-order valence-electron chi connectivity index (χ1n) is 6.07. The van der Waals surface area contributed by atoms with E-state index >= 15 is 0 Å². The lowest BCUT2D eigenvalue weighted by Gasteiger charge is -2.17. The van der Waals surface area contributed by atoms with Crippen molar-refractivity contribution in [2.45, 2.75) is 19.4 Å². The fourth-order valence-electron chi connectivity index (χ4n) is 1.98. The van der Waals surface area contributed by atoms with Gasteiger partial charge in [0, 0.05) is 4.47 Å². The molecule has 2 aromatic carbocycles. The highest BCUT2D eigenvalue weighted by Crippen LogP contribution is 2.24. The van der Waals surface area contributed by atoms with Crippen LogP contribution in [0.25, 0.3) is 0 Å². The van der Waals surface area contributed by atoms with Crippen molar-refractivity contribution in [2.75, 3.05) is 0 Å². The molecule has 0 saturated carbocycles. The van der Waals surface area contributed by atoms with E-state index in [0.717, 1.165) is 15.6 Å². The van der Waals surface area contributed by atoms with Gasteiger partial charge in [0.25, 0.3) is 0 Å². The van der Waals surface area contributed by atoms with Crippen molar-refractivity contribution in [3.05, 3.63) is 69.4 Å². The molecule has 0 aliphatic carbocycles. The topological polar surface area (TPSA) is 38.0 Å². The van der Waals surface area contributed by atoms with Crippen molar-refractivity contribution in [1.29, 1.82) is 0 Å². The lowest BCUT2D eigenvalue weighted by molar-refractivity contribution is 0.542. The quantitative estimate of drug-likeness (QED) is 0.666. The van der Waals surface area contributed by atoms with E-state index in [1.54, 1.807) is 13.0 Å². The summed E-state index contributed by atoms with van der Waals surface area (Å²) in [7, 11) is 0. The average molecular weight is 323 g/mol. The smallest absolute Gasteiger partial charge is 0.126 e. The number of halogens is 2. The Bertz CT molecular complexity index is 572. The van der Waals surface area contributed by atoms with E-state index in [2.05, 4.69) is 21.4 Å². The molecule has 0 aromatic heterocycles. The van der Waals surface area contributed by atoms with Gasteiger partial charge in [-0.1, -0.05) is 46.3 Å². The third-order valence-corrected chi connectivity index (χ3v) is 3.95. The van der Waals surface area contributed by atoms with Crippen LogP contribution in [0.2, 0.25) is 0 Å². The largest absolute Gasteiger partial charge is 0.271 e. The monoisotopic (exact) mass is 322 g/mol. The van der Waals surface area contributed by atoms with E-state index in [9.17, 15) is 4.39 Å². The molecule has 0 aliphatic rings. The molecule has 1 atom stereocenters. The Kier molecular flexibility index (Phi) is 4.69. The van der Waals surface area contributed by atoms with E-state index in [1.807, 2.05) is 30.3 Å². The molecule has 0 bridgehead atoms. The first-order valence-corrected chi connectivity index (χ1v) is 6.86. The fraction of sp³-hybridized carbons (Fsp3) is 0.200. The summed E-state index contributed by atoms with van der Waals surface area (Å²) in [5, 5.41) is 0. The maximum Gasteiger partial charge on any atom is 0.126 e. The van der Waals surface area contributed by atoms with Gasteiger partial charge in [-0.3, -0.25) is 11.3 Å². The van der Waals surface area contributed by atoms with Crippen LogP contribution >= 0.6 is 15.9 Å². The van der Waals surface area contributed by atoms with Crippen LogP contribution in [0.5, 0.6) is 0 Å². The van der Waals surface area contributed by atoms with Gasteiger partial charge in [-0.25, -0.2) is 4.39 Å². The Morgan fingerprint density at radius 2 is 2.00 bits per heavy atom. The lowest BCUT2D eigenvalue weighted by Crippen LogP contribution is -2.29. The third-order valence-electron chi connectivity index (χ3n) is 3.18. The number of hydrogen-bond donors (Lipinski definition) is 2. The maximum atomic E-state index is 13.6. The Labute approximate surface area is 120 Å². The molecule has 0 aliphatic heterocycles. The highest BCUT2D eigenvalue weighted by atomic mass is 79.9. The summed E-state index contributed by atoms with van der Waals surface area (Å²) in [4.78, 5) is 0. The molecule has 1 unspecified atom stereocenters. The molecule has 0 saturated heterocycles. The van der Waals surface area contributed by atoms with Crippen molar-refractivity contribution in [3.63, 3.8) is 0 Å². The van der Waals surface area contributed by atoms with E-state index in [1.165, 1.54) is 6.07 Å². The fourth-order valence-corrected chi connectivity index (χ4v) is 2.43. The van der Waals surface area contributed by atoms with Gasteiger partial charge in [0.2, 0.25) is 0 Å². The zero-order valence-electron chi connectivity index (χ0n) is 10.7. The van der Waals surface area contributed by atoms with Crippen molar-refractivity contribution in [2.24, 2.45) is 5.84 Å². The highest BCUT2D eigenvalue weighted by molar-refractivity contribution is 9.10. The van der Waals surface area contributed by atoms with Gasteiger partial charge in [-0.15, -0.1) is 0 Å². The Morgan fingerprint density at radius 3 is 2.63 bits per heavy atom. The number of aryl methyl sites for hydroxylation is 1. The molecular weight excluding hydrogens is 307 g/mol. The van der Waals surface area contributed by atoms with Crippen LogP contribution < -0.4 is 11.3 Å². The zero-order chi connectivity index (χ0) is 13.8. The van der Waals surface area contributed by atoms with Gasteiger partial charge in [0.05, 0.1) is 6.04 Å². The molecule has 100 valence electrons. The van der Waals surface area contributed by atoms with E-state index < -0.39 is 0 Å². The Morgan fingerprint density at radius 1 is 1.26 bits per heavy atom. The number of nitrogens with one attached hydrogen (secondary N) is 1. The lowest BCUT2D eigenvalue weighted by atomic mass is 9.98. The summed E-state index contributed by atoms with van der Waals surface area (Å²) in [5.74, 6) is 5.40. The van der Waals surface area contributed by atoms with Crippen LogP contribution in [0.4, 0.5) is 4.39 Å². The summed E-state index contributed by atoms with van der Waals surface area (Å²) in [6.45, 7) is 1.75. The maximum absolute atomic E-state index is 13.6. The van der Waals surface area contributed by atoms with E-state index in [0.29, 0.717) is 12.0 Å². The molecule has 19 heavy (non-hydrogen) atoms. The molecule has 0 spiro atoms. The van der Waals surface area contributed by atoms with Crippen molar-refractivity contribution < 1.29 is 4.39 Å². The van der Waals surface area contributed by atoms with Crippen LogP contribution in [-0.2, 0) is 6.42 Å². The average Bonchev–Trinajstić information content (AvgIpc) is 2.41. The van der Waals surface area contributed by atoms with E-state index in [4.69, 9.17) is 5.84 Å². The molecule has 2 rings (SSSR count). The van der Waals surface area contributed by atoms with Crippen LogP contribution in [0.15, 0.2) is 46.9 Å². The predicted octanol–water partition coefficient (Wildman–Crippen LogP) is 3.64. The van der Waals surface area contributed by atoms with Crippen molar-refractivity contribution in [3.8, 4) is 0 Å². The highest BCUT2D eigenvalue weighted by Gasteiger charge is 2.13. The Balaban J connectivity index is 2.25. The second kappa shape index (κ2) is 6.28. The second-order valence-corrected chi connectivity index (χ2v) is 5.38. The summed E-state index contributed by atoms with van der Waals surface area (Å²) in [6.07, 6.45) is 0.695. The zero-order valence-corrected chi connectivity index (χ0v) is 12.2. The molecule has 0 radical (unpaired) electrons. The minimum Gasteiger partial charge on any atom is -0.271 e. The van der Waals surface area contributed by atoms with Crippen molar-refractivity contribution >= 4 is 15.9 Å². The second-order valence-electron chi connectivity index (χ2n) is 4.52. The third kappa shape index (κ3) is 3.41. The van der Waals surface area contributed by atoms with Gasteiger partial charge in [-0.05, 0) is 42.2 Å². The van der Waals surface area contributed by atoms with Gasteiger partial charge in [0.1, 0.15) is 5.82 Å². The minimum absolute atomic E-state index is 0.117. The number of hydrogen-bond acceptors (Lipinski definition) is 2. The summed E-state index contributed by atoms with van der Waals surface area (Å²) >= 11 is 3.51. The van der Waals surface area contributed by atoms with Crippen LogP contribution in [0.1, 0.15) is 22.7 Å². The van der Waals surface area contributed by atoms with Crippen molar-refractivity contribution in [1.82, 2.24) is 5.43 Å².